The highest BCUT2D eigenvalue weighted by Crippen LogP contribution is 2.37. The molecule has 2 N–H and O–H groups in total. The van der Waals surface area contributed by atoms with Crippen molar-refractivity contribution in [2.75, 3.05) is 6.61 Å². The largest absolute Gasteiger partial charge is 0.396 e. The molecule has 2 rings (SSSR count). The van der Waals surface area contributed by atoms with E-state index in [1.165, 1.54) is 17.7 Å². The van der Waals surface area contributed by atoms with Crippen molar-refractivity contribution in [3.63, 3.8) is 0 Å². The van der Waals surface area contributed by atoms with Gasteiger partial charge in [0.15, 0.2) is 0 Å². The van der Waals surface area contributed by atoms with Gasteiger partial charge in [0, 0.05) is 35.9 Å². The zero-order valence-electron chi connectivity index (χ0n) is 14.5. The van der Waals surface area contributed by atoms with Gasteiger partial charge < -0.3 is 10.4 Å². The van der Waals surface area contributed by atoms with Gasteiger partial charge in [0.05, 0.1) is 11.2 Å². The summed E-state index contributed by atoms with van der Waals surface area (Å²) in [6, 6.07) is 0.402. The van der Waals surface area contributed by atoms with Gasteiger partial charge in [0.1, 0.15) is 0 Å². The summed E-state index contributed by atoms with van der Waals surface area (Å²) >= 11 is 0. The quantitative estimate of drug-likeness (QED) is 0.897. The van der Waals surface area contributed by atoms with Crippen LogP contribution < -0.4 is 5.32 Å². The highest BCUT2D eigenvalue weighted by Gasteiger charge is 2.38. The minimum atomic E-state index is 0.0140. The summed E-state index contributed by atoms with van der Waals surface area (Å²) in [7, 11) is 0. The number of aryl methyl sites for hydroxylation is 1. The molecule has 4 heteroatoms. The zero-order valence-corrected chi connectivity index (χ0v) is 14.5. The summed E-state index contributed by atoms with van der Waals surface area (Å²) < 4.78 is 2.12. The molecule has 0 radical (unpaired) electrons. The van der Waals surface area contributed by atoms with Gasteiger partial charge >= 0.3 is 0 Å². The van der Waals surface area contributed by atoms with Crippen molar-refractivity contribution in [1.29, 1.82) is 0 Å². The Morgan fingerprint density at radius 2 is 2.05 bits per heavy atom. The molecular weight excluding hydrogens is 262 g/mol. The van der Waals surface area contributed by atoms with Crippen LogP contribution in [0.1, 0.15) is 63.9 Å². The third kappa shape index (κ3) is 3.16. The molecule has 120 valence electrons. The van der Waals surface area contributed by atoms with Crippen molar-refractivity contribution in [2.45, 2.75) is 78.9 Å². The second kappa shape index (κ2) is 5.73. The highest BCUT2D eigenvalue weighted by molar-refractivity contribution is 5.25. The maximum Gasteiger partial charge on any atom is 0.0641 e. The van der Waals surface area contributed by atoms with E-state index in [-0.39, 0.29) is 17.6 Å². The molecule has 0 aromatic carbocycles. The van der Waals surface area contributed by atoms with Crippen molar-refractivity contribution in [1.82, 2.24) is 15.1 Å². The van der Waals surface area contributed by atoms with Crippen LogP contribution in [0.3, 0.4) is 0 Å². The van der Waals surface area contributed by atoms with Crippen LogP contribution >= 0.6 is 0 Å². The van der Waals surface area contributed by atoms with Crippen molar-refractivity contribution >= 4 is 0 Å². The molecule has 2 atom stereocenters. The molecule has 0 bridgehead atoms. The van der Waals surface area contributed by atoms with Crippen LogP contribution in [0.2, 0.25) is 0 Å². The van der Waals surface area contributed by atoms with Crippen molar-refractivity contribution in [2.24, 2.45) is 5.41 Å². The first-order valence-corrected chi connectivity index (χ1v) is 8.09. The Labute approximate surface area is 128 Å². The molecule has 0 spiro atoms. The number of aliphatic hydroxyl groups excluding tert-OH is 1. The van der Waals surface area contributed by atoms with E-state index in [0.29, 0.717) is 6.04 Å². The predicted molar refractivity (Wildman–Crippen MR) is 86.4 cm³/mol. The van der Waals surface area contributed by atoms with Crippen LogP contribution in [-0.4, -0.2) is 27.5 Å². The maximum absolute atomic E-state index is 9.66. The standard InChI is InChI=1S/C17H31N3O/c1-12-14(13(2)20(19-12)16(3,4)5)10-18-15-8-7-9-17(15,6)11-21/h15,18,21H,7-11H2,1-6H3. The first-order valence-electron chi connectivity index (χ1n) is 8.09. The Kier molecular flexibility index (Phi) is 4.50. The lowest BCUT2D eigenvalue weighted by molar-refractivity contribution is 0.118. The zero-order chi connectivity index (χ0) is 15.8. The predicted octanol–water partition coefficient (Wildman–Crippen LogP) is 2.90. The lowest BCUT2D eigenvalue weighted by atomic mass is 9.85. The van der Waals surface area contributed by atoms with Crippen molar-refractivity contribution in [3.05, 3.63) is 17.0 Å². The smallest absolute Gasteiger partial charge is 0.0641 e. The van der Waals surface area contributed by atoms with E-state index in [1.54, 1.807) is 0 Å². The Bertz CT molecular complexity index is 501. The molecule has 2 unspecified atom stereocenters. The minimum Gasteiger partial charge on any atom is -0.396 e. The van der Waals surface area contributed by atoms with Gasteiger partial charge in [-0.05, 0) is 47.5 Å². The average Bonchev–Trinajstić information content (AvgIpc) is 2.89. The van der Waals surface area contributed by atoms with Crippen LogP contribution in [0.25, 0.3) is 0 Å². The van der Waals surface area contributed by atoms with E-state index < -0.39 is 0 Å². The van der Waals surface area contributed by atoms with Crippen LogP contribution in [0.15, 0.2) is 0 Å². The van der Waals surface area contributed by atoms with E-state index in [4.69, 9.17) is 5.10 Å². The minimum absolute atomic E-state index is 0.0140. The molecule has 1 heterocycles. The third-order valence-electron chi connectivity index (χ3n) is 5.04. The van der Waals surface area contributed by atoms with Gasteiger partial charge in [-0.1, -0.05) is 13.3 Å². The molecule has 0 saturated heterocycles. The van der Waals surface area contributed by atoms with Gasteiger partial charge in [-0.25, -0.2) is 0 Å². The molecule has 1 fully saturated rings. The monoisotopic (exact) mass is 293 g/mol. The average molecular weight is 293 g/mol. The Balaban J connectivity index is 2.13. The van der Waals surface area contributed by atoms with Crippen LogP contribution in [0.5, 0.6) is 0 Å². The fourth-order valence-electron chi connectivity index (χ4n) is 3.58. The Hall–Kier alpha value is -0.870. The summed E-state index contributed by atoms with van der Waals surface area (Å²) in [5.74, 6) is 0. The van der Waals surface area contributed by atoms with Crippen molar-refractivity contribution in [3.8, 4) is 0 Å². The van der Waals surface area contributed by atoms with Gasteiger partial charge in [-0.3, -0.25) is 4.68 Å². The Morgan fingerprint density at radius 3 is 2.57 bits per heavy atom. The number of hydrogen-bond donors (Lipinski definition) is 2. The molecule has 0 amide bonds. The van der Waals surface area contributed by atoms with E-state index in [0.717, 1.165) is 25.1 Å². The van der Waals surface area contributed by atoms with E-state index >= 15 is 0 Å². The second-order valence-electron chi connectivity index (χ2n) is 7.87. The van der Waals surface area contributed by atoms with Crippen LogP contribution in [0.4, 0.5) is 0 Å². The first kappa shape index (κ1) is 16.5. The van der Waals surface area contributed by atoms with Gasteiger partial charge in [-0.2, -0.15) is 5.10 Å². The first-order chi connectivity index (χ1) is 9.69. The number of aromatic nitrogens is 2. The fraction of sp³-hybridized carbons (Fsp3) is 0.824. The molecule has 1 aromatic rings. The molecule has 4 nitrogen and oxygen atoms in total. The lowest BCUT2D eigenvalue weighted by Crippen LogP contribution is -2.41. The van der Waals surface area contributed by atoms with E-state index in [1.807, 2.05) is 0 Å². The number of nitrogens with one attached hydrogen (secondary N) is 1. The molecule has 1 saturated carbocycles. The molecule has 1 aliphatic rings. The summed E-state index contributed by atoms with van der Waals surface area (Å²) in [5.41, 5.74) is 3.70. The maximum atomic E-state index is 9.66. The molecule has 1 aliphatic carbocycles. The van der Waals surface area contributed by atoms with E-state index in [2.05, 4.69) is 51.5 Å². The summed E-state index contributed by atoms with van der Waals surface area (Å²) in [6.07, 6.45) is 3.47. The SMILES string of the molecule is Cc1nn(C(C)(C)C)c(C)c1CNC1CCCC1(C)CO. The van der Waals surface area contributed by atoms with Crippen LogP contribution in [0, 0.1) is 19.3 Å². The third-order valence-corrected chi connectivity index (χ3v) is 5.04. The molecular formula is C17H31N3O. The molecule has 21 heavy (non-hydrogen) atoms. The summed E-state index contributed by atoms with van der Waals surface area (Å²) in [5, 5.41) is 18.0. The Morgan fingerprint density at radius 1 is 1.38 bits per heavy atom. The number of hydrogen-bond acceptors (Lipinski definition) is 3. The van der Waals surface area contributed by atoms with Gasteiger partial charge in [0.2, 0.25) is 0 Å². The second-order valence-corrected chi connectivity index (χ2v) is 7.87. The number of nitrogens with zero attached hydrogens (tertiary/aromatic N) is 2. The van der Waals surface area contributed by atoms with E-state index in [9.17, 15) is 5.11 Å². The van der Waals surface area contributed by atoms with Gasteiger partial charge in [-0.15, -0.1) is 0 Å². The van der Waals surface area contributed by atoms with Crippen molar-refractivity contribution < 1.29 is 5.11 Å². The lowest BCUT2D eigenvalue weighted by Gasteiger charge is -2.30. The van der Waals surface area contributed by atoms with Gasteiger partial charge in [0.25, 0.3) is 0 Å². The fourth-order valence-corrected chi connectivity index (χ4v) is 3.58. The normalized spacial score (nSPS) is 26.5. The topological polar surface area (TPSA) is 50.1 Å². The molecule has 1 aromatic heterocycles. The highest BCUT2D eigenvalue weighted by atomic mass is 16.3. The number of rotatable bonds is 4. The molecule has 0 aliphatic heterocycles. The van der Waals surface area contributed by atoms with Crippen LogP contribution in [-0.2, 0) is 12.1 Å². The summed E-state index contributed by atoms with van der Waals surface area (Å²) in [4.78, 5) is 0. The number of aliphatic hydroxyl groups is 1. The summed E-state index contributed by atoms with van der Waals surface area (Å²) in [6.45, 7) is 14.1.